The van der Waals surface area contributed by atoms with Crippen molar-refractivity contribution in [1.29, 1.82) is 0 Å². The SMILES string of the molecule is CC(C)C(=O)N[C@@H]1C[C@H](c2ccc(O[C@H]3O[C@@H](CO)[C@@H](O)[C@@H](O)[C@@H]3O)cc2)O[C@@H]2CCC[C@@H]12. The van der Waals surface area contributed by atoms with Crippen molar-refractivity contribution >= 4 is 5.91 Å². The number of benzene rings is 1. The van der Waals surface area contributed by atoms with E-state index in [1.807, 2.05) is 26.0 Å². The lowest BCUT2D eigenvalue weighted by Crippen LogP contribution is -2.60. The van der Waals surface area contributed by atoms with Crippen LogP contribution in [0.4, 0.5) is 0 Å². The second-order valence-electron chi connectivity index (χ2n) is 9.65. The van der Waals surface area contributed by atoms with Crippen molar-refractivity contribution in [3.05, 3.63) is 29.8 Å². The molecule has 0 aromatic heterocycles. The number of hydrogen-bond donors (Lipinski definition) is 5. The smallest absolute Gasteiger partial charge is 0.229 e. The number of rotatable bonds is 6. The van der Waals surface area contributed by atoms with Crippen LogP contribution in [0.25, 0.3) is 0 Å². The first-order valence-corrected chi connectivity index (χ1v) is 11.8. The average molecular weight is 466 g/mol. The van der Waals surface area contributed by atoms with E-state index in [-0.39, 0.29) is 30.1 Å². The molecule has 0 bridgehead atoms. The van der Waals surface area contributed by atoms with Gasteiger partial charge in [0.25, 0.3) is 0 Å². The summed E-state index contributed by atoms with van der Waals surface area (Å²) in [4.78, 5) is 12.3. The Labute approximate surface area is 193 Å². The standard InChI is InChI=1S/C24H35NO8/c1-12(2)23(30)25-16-10-18(32-17-5-3-4-15(16)17)13-6-8-14(9-7-13)31-24-22(29)21(28)20(27)19(11-26)33-24/h6-9,12,15-22,24,26-29H,3-5,10-11H2,1-2H3,(H,25,30)/t15-,16+,17+,18+,19-,20+,21+,22-,24-/m0/s1. The van der Waals surface area contributed by atoms with E-state index in [1.54, 1.807) is 12.1 Å². The van der Waals surface area contributed by atoms with Crippen LogP contribution in [-0.4, -0.2) is 75.8 Å². The van der Waals surface area contributed by atoms with Crippen LogP contribution in [0.5, 0.6) is 5.75 Å². The quantitative estimate of drug-likeness (QED) is 0.413. The van der Waals surface area contributed by atoms with Gasteiger partial charge in [-0.25, -0.2) is 0 Å². The number of carbonyl (C=O) groups is 1. The highest BCUT2D eigenvalue weighted by Crippen LogP contribution is 2.43. The van der Waals surface area contributed by atoms with Crippen molar-refractivity contribution < 1.29 is 39.4 Å². The van der Waals surface area contributed by atoms with Gasteiger partial charge < -0.3 is 40.0 Å². The first-order chi connectivity index (χ1) is 15.8. The maximum absolute atomic E-state index is 12.3. The van der Waals surface area contributed by atoms with Crippen LogP contribution < -0.4 is 10.1 Å². The van der Waals surface area contributed by atoms with Gasteiger partial charge in [-0.1, -0.05) is 32.4 Å². The van der Waals surface area contributed by atoms with Crippen molar-refractivity contribution in [2.45, 2.75) is 88.5 Å². The molecule has 1 saturated carbocycles. The summed E-state index contributed by atoms with van der Waals surface area (Å²) >= 11 is 0. The van der Waals surface area contributed by atoms with E-state index >= 15 is 0 Å². The molecule has 9 atom stereocenters. The van der Waals surface area contributed by atoms with Gasteiger partial charge in [-0.3, -0.25) is 4.79 Å². The summed E-state index contributed by atoms with van der Waals surface area (Å²) in [5, 5.41) is 42.6. The fraction of sp³-hybridized carbons (Fsp3) is 0.708. The molecule has 4 rings (SSSR count). The maximum atomic E-state index is 12.3. The summed E-state index contributed by atoms with van der Waals surface area (Å²) in [7, 11) is 0. The van der Waals surface area contributed by atoms with E-state index in [2.05, 4.69) is 5.32 Å². The summed E-state index contributed by atoms with van der Waals surface area (Å²) in [5.41, 5.74) is 0.963. The summed E-state index contributed by atoms with van der Waals surface area (Å²) in [6, 6.07) is 7.28. The van der Waals surface area contributed by atoms with E-state index in [4.69, 9.17) is 14.2 Å². The summed E-state index contributed by atoms with van der Waals surface area (Å²) in [6.07, 6.45) is -2.81. The number of nitrogens with one attached hydrogen (secondary N) is 1. The number of ether oxygens (including phenoxy) is 3. The van der Waals surface area contributed by atoms with Gasteiger partial charge >= 0.3 is 0 Å². The highest BCUT2D eigenvalue weighted by Gasteiger charge is 2.45. The van der Waals surface area contributed by atoms with Gasteiger partial charge in [0, 0.05) is 17.9 Å². The molecule has 33 heavy (non-hydrogen) atoms. The van der Waals surface area contributed by atoms with E-state index in [9.17, 15) is 25.2 Å². The molecule has 184 valence electrons. The molecule has 1 aromatic carbocycles. The molecule has 1 aromatic rings. The number of aliphatic hydroxyl groups is 4. The molecule has 0 spiro atoms. The van der Waals surface area contributed by atoms with E-state index in [1.165, 1.54) is 0 Å². The largest absolute Gasteiger partial charge is 0.462 e. The zero-order valence-corrected chi connectivity index (χ0v) is 19.0. The second kappa shape index (κ2) is 10.2. The molecule has 0 radical (unpaired) electrons. The third-order valence-electron chi connectivity index (χ3n) is 7.03. The minimum atomic E-state index is -1.49. The van der Waals surface area contributed by atoms with Crippen LogP contribution in [0, 0.1) is 11.8 Å². The number of carbonyl (C=O) groups excluding carboxylic acids is 1. The van der Waals surface area contributed by atoms with Crippen LogP contribution in [0.1, 0.15) is 51.2 Å². The maximum Gasteiger partial charge on any atom is 0.229 e. The van der Waals surface area contributed by atoms with Crippen LogP contribution >= 0.6 is 0 Å². The molecule has 9 nitrogen and oxygen atoms in total. The number of aliphatic hydroxyl groups excluding tert-OH is 4. The normalized spacial score (nSPS) is 38.7. The summed E-state index contributed by atoms with van der Waals surface area (Å²) < 4.78 is 17.5. The zero-order valence-electron chi connectivity index (χ0n) is 19.0. The third kappa shape index (κ3) is 5.18. The Morgan fingerprint density at radius 3 is 2.48 bits per heavy atom. The molecular weight excluding hydrogens is 430 g/mol. The Balaban J connectivity index is 1.42. The monoisotopic (exact) mass is 465 g/mol. The van der Waals surface area contributed by atoms with E-state index in [0.717, 1.165) is 24.8 Å². The Kier molecular flexibility index (Phi) is 7.57. The van der Waals surface area contributed by atoms with Crippen LogP contribution in [0.2, 0.25) is 0 Å². The molecule has 2 saturated heterocycles. The predicted octanol–water partition coefficient (Wildman–Crippen LogP) is 0.636. The van der Waals surface area contributed by atoms with Crippen LogP contribution in [0.3, 0.4) is 0 Å². The van der Waals surface area contributed by atoms with Gasteiger partial charge in [-0.15, -0.1) is 0 Å². The lowest BCUT2D eigenvalue weighted by molar-refractivity contribution is -0.277. The highest BCUT2D eigenvalue weighted by atomic mass is 16.7. The van der Waals surface area contributed by atoms with Gasteiger partial charge in [0.1, 0.15) is 30.2 Å². The minimum Gasteiger partial charge on any atom is -0.462 e. The number of amides is 1. The molecule has 3 fully saturated rings. The Morgan fingerprint density at radius 2 is 1.82 bits per heavy atom. The van der Waals surface area contributed by atoms with Gasteiger partial charge in [0.05, 0.1) is 18.8 Å². The molecular formula is C24H35NO8. The topological polar surface area (TPSA) is 138 Å². The molecule has 3 aliphatic rings. The first-order valence-electron chi connectivity index (χ1n) is 11.8. The van der Waals surface area contributed by atoms with Crippen molar-refractivity contribution in [3.63, 3.8) is 0 Å². The average Bonchev–Trinajstić information content (AvgIpc) is 3.29. The molecule has 1 amide bonds. The molecule has 2 heterocycles. The van der Waals surface area contributed by atoms with E-state index in [0.29, 0.717) is 18.1 Å². The number of fused-ring (bicyclic) bond motifs is 1. The van der Waals surface area contributed by atoms with Gasteiger partial charge in [-0.05, 0) is 37.0 Å². The molecule has 9 heteroatoms. The predicted molar refractivity (Wildman–Crippen MR) is 117 cm³/mol. The molecule has 5 N–H and O–H groups in total. The first kappa shape index (κ1) is 24.4. The van der Waals surface area contributed by atoms with Crippen molar-refractivity contribution in [1.82, 2.24) is 5.32 Å². The fourth-order valence-electron chi connectivity index (χ4n) is 5.05. The minimum absolute atomic E-state index is 0.0644. The van der Waals surface area contributed by atoms with E-state index < -0.39 is 37.3 Å². The third-order valence-corrected chi connectivity index (χ3v) is 7.03. The van der Waals surface area contributed by atoms with Crippen molar-refractivity contribution in [2.75, 3.05) is 6.61 Å². The lowest BCUT2D eigenvalue weighted by Gasteiger charge is -2.40. The molecule has 2 aliphatic heterocycles. The van der Waals surface area contributed by atoms with Gasteiger partial charge in [0.2, 0.25) is 12.2 Å². The Morgan fingerprint density at radius 1 is 1.09 bits per heavy atom. The fourth-order valence-corrected chi connectivity index (χ4v) is 5.05. The van der Waals surface area contributed by atoms with Gasteiger partial charge in [-0.2, -0.15) is 0 Å². The van der Waals surface area contributed by atoms with Crippen molar-refractivity contribution in [3.8, 4) is 5.75 Å². The number of hydrogen-bond acceptors (Lipinski definition) is 8. The highest BCUT2D eigenvalue weighted by molar-refractivity contribution is 5.78. The Bertz CT molecular complexity index is 800. The van der Waals surface area contributed by atoms with Crippen LogP contribution in [-0.2, 0) is 14.3 Å². The molecule has 1 aliphatic carbocycles. The van der Waals surface area contributed by atoms with Crippen molar-refractivity contribution in [2.24, 2.45) is 11.8 Å². The second-order valence-corrected chi connectivity index (χ2v) is 9.65. The lowest BCUT2D eigenvalue weighted by atomic mass is 9.86. The molecule has 0 unspecified atom stereocenters. The summed E-state index contributed by atoms with van der Waals surface area (Å²) in [5.74, 6) is 0.750. The zero-order chi connectivity index (χ0) is 23.7. The van der Waals surface area contributed by atoms with Gasteiger partial charge in [0.15, 0.2) is 0 Å². The summed E-state index contributed by atoms with van der Waals surface area (Å²) in [6.45, 7) is 3.28. The Hall–Kier alpha value is -1.75. The van der Waals surface area contributed by atoms with Crippen LogP contribution in [0.15, 0.2) is 24.3 Å².